The minimum absolute atomic E-state index is 0.00157. The van der Waals surface area contributed by atoms with Crippen molar-refractivity contribution in [2.75, 3.05) is 0 Å². The number of hydrazone groups is 1. The second-order valence-electron chi connectivity index (χ2n) is 5.27. The van der Waals surface area contributed by atoms with Gasteiger partial charge in [0.05, 0.1) is 11.8 Å². The van der Waals surface area contributed by atoms with Crippen molar-refractivity contribution in [3.05, 3.63) is 71.3 Å². The Bertz CT molecular complexity index is 674. The number of rotatable bonds is 2. The third-order valence-electron chi connectivity index (χ3n) is 3.73. The molecule has 3 N–H and O–H groups in total. The van der Waals surface area contributed by atoms with E-state index in [0.717, 1.165) is 23.3 Å². The second kappa shape index (κ2) is 5.40. The molecule has 1 heterocycles. The number of hydrogen-bond donors (Lipinski definition) is 2. The summed E-state index contributed by atoms with van der Waals surface area (Å²) in [4.78, 5) is 0. The summed E-state index contributed by atoms with van der Waals surface area (Å²) in [7, 11) is 0. The monoisotopic (exact) mass is 278 g/mol. The highest BCUT2D eigenvalue weighted by Crippen LogP contribution is 2.32. The van der Waals surface area contributed by atoms with Crippen LogP contribution >= 0.6 is 0 Å². The van der Waals surface area contributed by atoms with Crippen molar-refractivity contribution in [1.82, 2.24) is 5.01 Å². The van der Waals surface area contributed by atoms with Gasteiger partial charge < -0.3 is 5.73 Å². The Balaban J connectivity index is 1.93. The van der Waals surface area contributed by atoms with Gasteiger partial charge in [0, 0.05) is 6.42 Å². The normalized spacial score (nSPS) is 17.7. The van der Waals surface area contributed by atoms with Gasteiger partial charge in [-0.15, -0.1) is 0 Å². The maximum atomic E-state index is 7.76. The van der Waals surface area contributed by atoms with Crippen LogP contribution < -0.4 is 5.73 Å². The molecule has 1 aliphatic heterocycles. The van der Waals surface area contributed by atoms with Crippen LogP contribution in [0.1, 0.15) is 29.2 Å². The fourth-order valence-electron chi connectivity index (χ4n) is 2.59. The van der Waals surface area contributed by atoms with E-state index >= 15 is 0 Å². The molecule has 0 aliphatic carbocycles. The fourth-order valence-corrected chi connectivity index (χ4v) is 2.59. The Morgan fingerprint density at radius 2 is 1.81 bits per heavy atom. The van der Waals surface area contributed by atoms with Crippen LogP contribution in [0.15, 0.2) is 59.7 Å². The van der Waals surface area contributed by atoms with Crippen molar-refractivity contribution in [3.8, 4) is 0 Å². The largest absolute Gasteiger partial charge is 0.369 e. The molecule has 0 spiro atoms. The van der Waals surface area contributed by atoms with E-state index in [1.807, 2.05) is 30.3 Å². The minimum Gasteiger partial charge on any atom is -0.369 e. The van der Waals surface area contributed by atoms with E-state index in [-0.39, 0.29) is 12.0 Å². The summed E-state index contributed by atoms with van der Waals surface area (Å²) in [6.45, 7) is 2.06. The predicted octanol–water partition coefficient (Wildman–Crippen LogP) is 3.04. The Hall–Kier alpha value is -2.62. The molecular formula is C17H18N4. The van der Waals surface area contributed by atoms with E-state index in [4.69, 9.17) is 11.1 Å². The third-order valence-corrected chi connectivity index (χ3v) is 3.73. The Morgan fingerprint density at radius 3 is 2.43 bits per heavy atom. The topological polar surface area (TPSA) is 65.5 Å². The molecule has 0 fully saturated rings. The van der Waals surface area contributed by atoms with E-state index in [2.05, 4.69) is 36.3 Å². The van der Waals surface area contributed by atoms with Gasteiger partial charge in [-0.05, 0) is 18.1 Å². The van der Waals surface area contributed by atoms with Gasteiger partial charge in [0.1, 0.15) is 0 Å². The average molecular weight is 278 g/mol. The summed E-state index contributed by atoms with van der Waals surface area (Å²) in [6, 6.07) is 18.4. The SMILES string of the molecule is Cc1ccc(C2CC(c3ccccc3)=NN2C(=N)N)cc1. The standard InChI is InChI=1S/C17H18N4/c1-12-7-9-14(10-8-12)16-11-15(20-21(16)17(18)19)13-5-3-2-4-6-13/h2-10,16H,11H2,1H3,(H3,18,19). The smallest absolute Gasteiger partial charge is 0.209 e. The summed E-state index contributed by atoms with van der Waals surface area (Å²) in [5.41, 5.74) is 10.1. The molecular weight excluding hydrogens is 260 g/mol. The maximum Gasteiger partial charge on any atom is 0.209 e. The highest BCUT2D eigenvalue weighted by Gasteiger charge is 2.30. The average Bonchev–Trinajstić information content (AvgIpc) is 2.94. The van der Waals surface area contributed by atoms with Crippen molar-refractivity contribution >= 4 is 11.7 Å². The van der Waals surface area contributed by atoms with Crippen LogP contribution in [0, 0.1) is 12.3 Å². The third kappa shape index (κ3) is 2.65. The predicted molar refractivity (Wildman–Crippen MR) is 85.3 cm³/mol. The molecule has 1 atom stereocenters. The van der Waals surface area contributed by atoms with E-state index in [0.29, 0.717) is 0 Å². The minimum atomic E-state index is -0.0218. The second-order valence-corrected chi connectivity index (χ2v) is 5.27. The molecule has 0 saturated carbocycles. The lowest BCUT2D eigenvalue weighted by Gasteiger charge is -2.21. The number of nitrogens with one attached hydrogen (secondary N) is 1. The van der Waals surface area contributed by atoms with Crippen LogP contribution in [0.2, 0.25) is 0 Å². The van der Waals surface area contributed by atoms with Gasteiger partial charge in [-0.2, -0.15) is 5.10 Å². The van der Waals surface area contributed by atoms with Crippen molar-refractivity contribution in [2.24, 2.45) is 10.8 Å². The molecule has 1 aliphatic rings. The Labute approximate surface area is 124 Å². The molecule has 3 rings (SSSR count). The Kier molecular flexibility index (Phi) is 3.44. The van der Waals surface area contributed by atoms with E-state index in [1.54, 1.807) is 5.01 Å². The van der Waals surface area contributed by atoms with E-state index in [9.17, 15) is 0 Å². The van der Waals surface area contributed by atoms with Crippen LogP contribution in [0.3, 0.4) is 0 Å². The molecule has 2 aromatic carbocycles. The number of nitrogens with two attached hydrogens (primary N) is 1. The fraction of sp³-hybridized carbons (Fsp3) is 0.176. The number of aryl methyl sites for hydroxylation is 1. The van der Waals surface area contributed by atoms with Gasteiger partial charge in [-0.3, -0.25) is 5.41 Å². The zero-order valence-electron chi connectivity index (χ0n) is 12.0. The van der Waals surface area contributed by atoms with Crippen molar-refractivity contribution in [3.63, 3.8) is 0 Å². The molecule has 4 heteroatoms. The molecule has 4 nitrogen and oxygen atoms in total. The first kappa shape index (κ1) is 13.4. The highest BCUT2D eigenvalue weighted by molar-refractivity contribution is 6.03. The van der Waals surface area contributed by atoms with Gasteiger partial charge in [0.25, 0.3) is 0 Å². The molecule has 1 unspecified atom stereocenters. The van der Waals surface area contributed by atoms with Crippen LogP contribution in [-0.4, -0.2) is 16.7 Å². The molecule has 0 amide bonds. The van der Waals surface area contributed by atoms with Crippen molar-refractivity contribution in [2.45, 2.75) is 19.4 Å². The van der Waals surface area contributed by atoms with Gasteiger partial charge in [-0.25, -0.2) is 5.01 Å². The zero-order chi connectivity index (χ0) is 14.8. The van der Waals surface area contributed by atoms with Gasteiger partial charge in [0.15, 0.2) is 0 Å². The molecule has 2 aromatic rings. The highest BCUT2D eigenvalue weighted by atomic mass is 15.5. The van der Waals surface area contributed by atoms with Crippen LogP contribution in [-0.2, 0) is 0 Å². The first-order valence-corrected chi connectivity index (χ1v) is 6.98. The lowest BCUT2D eigenvalue weighted by Crippen LogP contribution is -2.32. The zero-order valence-corrected chi connectivity index (χ0v) is 12.0. The van der Waals surface area contributed by atoms with Gasteiger partial charge >= 0.3 is 0 Å². The molecule has 0 aromatic heterocycles. The summed E-state index contributed by atoms with van der Waals surface area (Å²) >= 11 is 0. The van der Waals surface area contributed by atoms with Gasteiger partial charge in [-0.1, -0.05) is 60.2 Å². The molecule has 0 bridgehead atoms. The molecule has 21 heavy (non-hydrogen) atoms. The van der Waals surface area contributed by atoms with Crippen molar-refractivity contribution < 1.29 is 0 Å². The summed E-state index contributed by atoms with van der Waals surface area (Å²) in [5, 5.41) is 13.9. The van der Waals surface area contributed by atoms with Gasteiger partial charge in [0.2, 0.25) is 5.96 Å². The quantitative estimate of drug-likeness (QED) is 0.655. The van der Waals surface area contributed by atoms with Crippen LogP contribution in [0.25, 0.3) is 0 Å². The first-order chi connectivity index (χ1) is 10.1. The Morgan fingerprint density at radius 1 is 1.14 bits per heavy atom. The summed E-state index contributed by atoms with van der Waals surface area (Å²) in [5.74, 6) is -0.0218. The molecule has 0 saturated heterocycles. The lowest BCUT2D eigenvalue weighted by molar-refractivity contribution is 0.363. The van der Waals surface area contributed by atoms with E-state index in [1.165, 1.54) is 5.56 Å². The maximum absolute atomic E-state index is 7.76. The van der Waals surface area contributed by atoms with Crippen molar-refractivity contribution in [1.29, 1.82) is 5.41 Å². The summed E-state index contributed by atoms with van der Waals surface area (Å²) < 4.78 is 0. The van der Waals surface area contributed by atoms with Crippen LogP contribution in [0.4, 0.5) is 0 Å². The number of hydrogen-bond acceptors (Lipinski definition) is 2. The van der Waals surface area contributed by atoms with E-state index < -0.39 is 0 Å². The van der Waals surface area contributed by atoms with Crippen LogP contribution in [0.5, 0.6) is 0 Å². The number of nitrogens with zero attached hydrogens (tertiary/aromatic N) is 2. The lowest BCUT2D eigenvalue weighted by atomic mass is 9.98. The first-order valence-electron chi connectivity index (χ1n) is 6.98. The number of guanidine groups is 1. The number of benzene rings is 2. The molecule has 0 radical (unpaired) electrons. The molecule has 106 valence electrons. The summed E-state index contributed by atoms with van der Waals surface area (Å²) in [6.07, 6.45) is 0.757.